The standard InChI is InChI=1S/C24H24B2O8/c1-3-14-5-7-16-11-28-25(18(16)9-14)30-13-20-22(32-25)21(27)23-24(31-20)34-26(33-23)19-10-15(4-2)6-8-17(19)12-29-26/h3-10,20-24,27H,1-2,11-13H2/q-2/t20-,21+,22-,23-,24-,25?,26?/m1/s1. The lowest BCUT2D eigenvalue weighted by Gasteiger charge is -2.54. The first-order chi connectivity index (χ1) is 16.5. The molecule has 3 fully saturated rings. The Morgan fingerprint density at radius 1 is 0.794 bits per heavy atom. The van der Waals surface area contributed by atoms with Gasteiger partial charge in [-0.3, -0.25) is 0 Å². The average molecular weight is 462 g/mol. The molecule has 0 aromatic heterocycles. The van der Waals surface area contributed by atoms with Crippen molar-refractivity contribution in [1.29, 1.82) is 0 Å². The van der Waals surface area contributed by atoms with Crippen LogP contribution in [0.2, 0.25) is 0 Å². The number of aliphatic hydroxyl groups is 1. The Hall–Kier alpha value is -2.27. The van der Waals surface area contributed by atoms with Gasteiger partial charge in [0.15, 0.2) is 0 Å². The molecule has 2 aromatic carbocycles. The molecule has 2 spiro atoms. The predicted molar refractivity (Wildman–Crippen MR) is 125 cm³/mol. The Kier molecular flexibility index (Phi) is 4.56. The molecule has 34 heavy (non-hydrogen) atoms. The van der Waals surface area contributed by atoms with E-state index in [2.05, 4.69) is 13.2 Å². The molecule has 0 aliphatic carbocycles. The van der Waals surface area contributed by atoms with E-state index in [1.807, 2.05) is 36.4 Å². The van der Waals surface area contributed by atoms with Gasteiger partial charge in [-0.1, -0.05) is 72.8 Å². The SMILES string of the molecule is C=Cc1ccc2c(c1)[B-]1(OC2)O[C@H]2O[C@@H]3CO[B-]4(OCc5ccc(C=C)cc54)O[C@H]3[C@H](O)[C@H]2O1. The normalized spacial score (nSPS) is 39.5. The summed E-state index contributed by atoms with van der Waals surface area (Å²) in [7, 11) is 0. The molecule has 0 saturated carbocycles. The second-order valence-electron chi connectivity index (χ2n) is 9.44. The minimum atomic E-state index is -2.26. The first-order valence-electron chi connectivity index (χ1n) is 11.6. The summed E-state index contributed by atoms with van der Waals surface area (Å²) in [5.41, 5.74) is 5.48. The van der Waals surface area contributed by atoms with E-state index < -0.39 is 44.2 Å². The Bertz CT molecular complexity index is 1140. The van der Waals surface area contributed by atoms with Crippen LogP contribution in [0.25, 0.3) is 12.2 Å². The van der Waals surface area contributed by atoms with Gasteiger partial charge in [0.2, 0.25) is 0 Å². The third kappa shape index (κ3) is 2.85. The molecule has 8 nitrogen and oxygen atoms in total. The zero-order valence-corrected chi connectivity index (χ0v) is 18.5. The fraction of sp³-hybridized carbons (Fsp3) is 0.333. The maximum absolute atomic E-state index is 11.4. The molecule has 10 heteroatoms. The molecule has 7 rings (SSSR count). The van der Waals surface area contributed by atoms with E-state index in [0.29, 0.717) is 13.2 Å². The van der Waals surface area contributed by atoms with Gasteiger partial charge in [0.25, 0.3) is 0 Å². The lowest BCUT2D eigenvalue weighted by molar-refractivity contribution is -0.265. The first kappa shape index (κ1) is 21.0. The second kappa shape index (κ2) is 7.36. The predicted octanol–water partition coefficient (Wildman–Crippen LogP) is 0.942. The molecule has 1 N–H and O–H groups in total. The minimum absolute atomic E-state index is 0.185. The summed E-state index contributed by atoms with van der Waals surface area (Å²) >= 11 is 0. The molecule has 5 aliphatic heterocycles. The quantitative estimate of drug-likeness (QED) is 0.661. The van der Waals surface area contributed by atoms with Crippen molar-refractivity contribution in [3.8, 4) is 0 Å². The Balaban J connectivity index is 1.18. The largest absolute Gasteiger partial charge is 0.539 e. The number of hydrogen-bond donors (Lipinski definition) is 1. The van der Waals surface area contributed by atoms with Crippen molar-refractivity contribution in [2.24, 2.45) is 0 Å². The van der Waals surface area contributed by atoms with E-state index in [-0.39, 0.29) is 6.61 Å². The van der Waals surface area contributed by atoms with Crippen LogP contribution in [0, 0.1) is 0 Å². The van der Waals surface area contributed by atoms with Gasteiger partial charge in [-0.05, 0) is 11.1 Å². The molecular formula is C24H24B2O8-2. The summed E-state index contributed by atoms with van der Waals surface area (Å²) in [6.07, 6.45) is -0.373. The second-order valence-corrected chi connectivity index (χ2v) is 9.44. The molecule has 2 unspecified atom stereocenters. The fourth-order valence-electron chi connectivity index (χ4n) is 5.79. The van der Waals surface area contributed by atoms with Crippen molar-refractivity contribution in [2.45, 2.75) is 43.9 Å². The number of ether oxygens (including phenoxy) is 1. The highest BCUT2D eigenvalue weighted by Gasteiger charge is 2.59. The van der Waals surface area contributed by atoms with E-state index in [0.717, 1.165) is 33.2 Å². The summed E-state index contributed by atoms with van der Waals surface area (Å²) in [5.74, 6) is 0. The topological polar surface area (TPSA) is 84.8 Å². The van der Waals surface area contributed by atoms with Crippen LogP contribution in [-0.4, -0.2) is 55.9 Å². The van der Waals surface area contributed by atoms with Crippen LogP contribution in [0.4, 0.5) is 0 Å². The number of aliphatic hydroxyl groups excluding tert-OH is 1. The van der Waals surface area contributed by atoms with Gasteiger partial charge >= 0.3 is 13.5 Å². The number of rotatable bonds is 2. The maximum Gasteiger partial charge on any atom is 0.412 e. The lowest BCUT2D eigenvalue weighted by atomic mass is 9.67. The number of fused-ring (bicyclic) bond motifs is 6. The lowest BCUT2D eigenvalue weighted by Crippen LogP contribution is -2.69. The van der Waals surface area contributed by atoms with Crippen molar-refractivity contribution >= 4 is 36.6 Å². The monoisotopic (exact) mass is 462 g/mol. The van der Waals surface area contributed by atoms with Crippen molar-refractivity contribution in [1.82, 2.24) is 0 Å². The molecule has 7 atom stereocenters. The van der Waals surface area contributed by atoms with Gasteiger partial charge in [-0.2, -0.15) is 0 Å². The summed E-state index contributed by atoms with van der Waals surface area (Å²) in [6.45, 7) is 4.12. The maximum atomic E-state index is 11.4. The summed E-state index contributed by atoms with van der Waals surface area (Å²) in [5, 5.41) is 11.4. The smallest absolute Gasteiger partial charge is 0.412 e. The number of benzene rings is 2. The van der Waals surface area contributed by atoms with Crippen molar-refractivity contribution in [2.75, 3.05) is 6.61 Å². The first-order valence-corrected chi connectivity index (χ1v) is 11.6. The van der Waals surface area contributed by atoms with Crippen LogP contribution >= 0.6 is 0 Å². The molecule has 0 bridgehead atoms. The zero-order chi connectivity index (χ0) is 23.1. The Morgan fingerprint density at radius 2 is 1.41 bits per heavy atom. The molecule has 5 heterocycles. The minimum Gasteiger partial charge on any atom is -0.539 e. The highest BCUT2D eigenvalue weighted by molar-refractivity contribution is 6.77. The Morgan fingerprint density at radius 3 is 2.09 bits per heavy atom. The van der Waals surface area contributed by atoms with Crippen molar-refractivity contribution in [3.63, 3.8) is 0 Å². The summed E-state index contributed by atoms with van der Waals surface area (Å²) < 4.78 is 43.3. The van der Waals surface area contributed by atoms with Crippen LogP contribution in [0.1, 0.15) is 22.3 Å². The summed E-state index contributed by atoms with van der Waals surface area (Å²) in [6, 6.07) is 11.8. The Labute approximate surface area is 197 Å². The van der Waals surface area contributed by atoms with Gasteiger partial charge in [0.05, 0.1) is 12.2 Å². The highest BCUT2D eigenvalue weighted by Crippen LogP contribution is 2.41. The molecule has 0 amide bonds. The van der Waals surface area contributed by atoms with Crippen LogP contribution < -0.4 is 10.9 Å². The summed E-state index contributed by atoms with van der Waals surface area (Å²) in [4.78, 5) is 0. The molecule has 5 aliphatic rings. The van der Waals surface area contributed by atoms with Gasteiger partial charge in [0.1, 0.15) is 18.5 Å². The van der Waals surface area contributed by atoms with Gasteiger partial charge in [-0.25, -0.2) is 0 Å². The van der Waals surface area contributed by atoms with E-state index in [4.69, 9.17) is 32.7 Å². The van der Waals surface area contributed by atoms with Crippen molar-refractivity contribution in [3.05, 3.63) is 71.8 Å². The third-order valence-corrected chi connectivity index (χ3v) is 7.57. The molecule has 2 aromatic rings. The van der Waals surface area contributed by atoms with Crippen LogP contribution in [0.5, 0.6) is 0 Å². The van der Waals surface area contributed by atoms with E-state index in [1.165, 1.54) is 0 Å². The van der Waals surface area contributed by atoms with E-state index in [9.17, 15) is 5.11 Å². The van der Waals surface area contributed by atoms with Gasteiger partial charge in [0, 0.05) is 19.8 Å². The molecule has 176 valence electrons. The fourth-order valence-corrected chi connectivity index (χ4v) is 5.79. The van der Waals surface area contributed by atoms with E-state index in [1.54, 1.807) is 12.2 Å². The van der Waals surface area contributed by atoms with Crippen LogP contribution in [0.3, 0.4) is 0 Å². The average Bonchev–Trinajstić information content (AvgIpc) is 3.54. The number of hydrogen-bond acceptors (Lipinski definition) is 8. The highest BCUT2D eigenvalue weighted by atomic mass is 16.9. The molecular weight excluding hydrogens is 438 g/mol. The van der Waals surface area contributed by atoms with Gasteiger partial charge in [-0.15, -0.1) is 10.9 Å². The van der Waals surface area contributed by atoms with Crippen LogP contribution in [-0.2, 0) is 45.9 Å². The third-order valence-electron chi connectivity index (χ3n) is 7.57. The van der Waals surface area contributed by atoms with Crippen LogP contribution in [0.15, 0.2) is 49.6 Å². The zero-order valence-electron chi connectivity index (χ0n) is 18.5. The molecule has 0 radical (unpaired) electrons. The van der Waals surface area contributed by atoms with Crippen molar-refractivity contribution < 1.29 is 37.8 Å². The van der Waals surface area contributed by atoms with Gasteiger partial charge < -0.3 is 37.8 Å². The van der Waals surface area contributed by atoms with E-state index >= 15 is 0 Å². The molecule has 3 saturated heterocycles.